The number of thioether (sulfide) groups is 1. The normalized spacial score (nSPS) is 18.0. The van der Waals surface area contributed by atoms with Gasteiger partial charge in [-0.2, -0.15) is 16.9 Å². The molecule has 2 heterocycles. The summed E-state index contributed by atoms with van der Waals surface area (Å²) in [6.45, 7) is 1.47. The summed E-state index contributed by atoms with van der Waals surface area (Å²) in [5.41, 5.74) is 2.87. The summed E-state index contributed by atoms with van der Waals surface area (Å²) in [5, 5.41) is 8.14. The highest BCUT2D eigenvalue weighted by Gasteiger charge is 2.19. The molecule has 1 atom stereocenters. The summed E-state index contributed by atoms with van der Waals surface area (Å²) < 4.78 is 7.00. The van der Waals surface area contributed by atoms with Crippen molar-refractivity contribution in [3.63, 3.8) is 0 Å². The molecule has 2 aromatic rings. The van der Waals surface area contributed by atoms with Crippen LogP contribution in [-0.2, 0) is 17.7 Å². The van der Waals surface area contributed by atoms with E-state index in [0.717, 1.165) is 24.5 Å². The van der Waals surface area contributed by atoms with Crippen molar-refractivity contribution in [1.29, 1.82) is 0 Å². The lowest BCUT2D eigenvalue weighted by atomic mass is 10.00. The smallest absolute Gasteiger partial charge is 0.148 e. The quantitative estimate of drug-likeness (QED) is 0.922. The van der Waals surface area contributed by atoms with Crippen LogP contribution in [0.4, 0.5) is 5.82 Å². The average Bonchev–Trinajstić information content (AvgIpc) is 2.86. The van der Waals surface area contributed by atoms with Crippen LogP contribution < -0.4 is 5.32 Å². The number of aryl methyl sites for hydroxylation is 1. The van der Waals surface area contributed by atoms with Crippen molar-refractivity contribution in [2.45, 2.75) is 19.0 Å². The van der Waals surface area contributed by atoms with Crippen LogP contribution in [0, 0.1) is 0 Å². The highest BCUT2D eigenvalue weighted by atomic mass is 32.2. The fraction of sp³-hybridized carbons (Fsp3) is 0.438. The second-order valence-corrected chi connectivity index (χ2v) is 6.33. The van der Waals surface area contributed by atoms with Crippen LogP contribution in [0.5, 0.6) is 0 Å². The fourth-order valence-electron chi connectivity index (χ4n) is 2.62. The van der Waals surface area contributed by atoms with E-state index in [2.05, 4.69) is 34.7 Å². The number of aromatic nitrogens is 2. The highest BCUT2D eigenvalue weighted by Crippen LogP contribution is 2.29. The van der Waals surface area contributed by atoms with Gasteiger partial charge in [0.25, 0.3) is 0 Å². The van der Waals surface area contributed by atoms with Gasteiger partial charge in [-0.15, -0.1) is 0 Å². The van der Waals surface area contributed by atoms with Gasteiger partial charge in [0.1, 0.15) is 5.82 Å². The Labute approximate surface area is 129 Å². The monoisotopic (exact) mass is 303 g/mol. The summed E-state index contributed by atoms with van der Waals surface area (Å²) in [6, 6.07) is 11.1. The molecule has 1 N–H and O–H groups in total. The number of hydrogen-bond acceptors (Lipinski definition) is 4. The summed E-state index contributed by atoms with van der Waals surface area (Å²) in [7, 11) is 1.71. The van der Waals surface area contributed by atoms with Gasteiger partial charge in [0.2, 0.25) is 0 Å². The second kappa shape index (κ2) is 7.00. The van der Waals surface area contributed by atoms with Crippen molar-refractivity contribution in [2.75, 3.05) is 30.5 Å². The molecule has 4 nitrogen and oxygen atoms in total. The maximum absolute atomic E-state index is 5.08. The van der Waals surface area contributed by atoms with Crippen molar-refractivity contribution in [2.24, 2.45) is 0 Å². The van der Waals surface area contributed by atoms with Gasteiger partial charge in [-0.1, -0.05) is 24.3 Å². The first kappa shape index (κ1) is 14.5. The van der Waals surface area contributed by atoms with Gasteiger partial charge >= 0.3 is 0 Å². The maximum atomic E-state index is 5.08. The molecule has 3 rings (SSSR count). The molecule has 1 aliphatic rings. The highest BCUT2D eigenvalue weighted by molar-refractivity contribution is 7.99. The second-order valence-electron chi connectivity index (χ2n) is 5.18. The van der Waals surface area contributed by atoms with Gasteiger partial charge in [0.15, 0.2) is 0 Å². The molecule has 21 heavy (non-hydrogen) atoms. The lowest BCUT2D eigenvalue weighted by molar-refractivity contribution is 0.183. The van der Waals surface area contributed by atoms with Gasteiger partial charge in [0.05, 0.1) is 19.2 Å². The van der Waals surface area contributed by atoms with Crippen molar-refractivity contribution >= 4 is 17.6 Å². The summed E-state index contributed by atoms with van der Waals surface area (Å²) in [6.07, 6.45) is 3.15. The van der Waals surface area contributed by atoms with Crippen LogP contribution in [0.15, 0.2) is 36.5 Å². The lowest BCUT2D eigenvalue weighted by Crippen LogP contribution is -2.14. The Hall–Kier alpha value is -1.46. The van der Waals surface area contributed by atoms with Crippen LogP contribution in [0.25, 0.3) is 0 Å². The van der Waals surface area contributed by atoms with Crippen molar-refractivity contribution < 1.29 is 4.74 Å². The first-order valence-corrected chi connectivity index (χ1v) is 8.47. The van der Waals surface area contributed by atoms with E-state index >= 15 is 0 Å². The Morgan fingerprint density at radius 1 is 1.38 bits per heavy atom. The molecule has 5 heteroatoms. The Bertz CT molecular complexity index is 584. The Kier molecular flexibility index (Phi) is 4.83. The van der Waals surface area contributed by atoms with Gasteiger partial charge in [-0.3, -0.25) is 4.68 Å². The van der Waals surface area contributed by atoms with E-state index in [-0.39, 0.29) is 0 Å². The maximum Gasteiger partial charge on any atom is 0.148 e. The Balaban J connectivity index is 1.73. The molecule has 1 aromatic carbocycles. The molecule has 1 aliphatic heterocycles. The van der Waals surface area contributed by atoms with Crippen molar-refractivity contribution in [3.05, 3.63) is 47.7 Å². The zero-order chi connectivity index (χ0) is 14.5. The number of anilines is 1. The number of hydrogen-bond donors (Lipinski definition) is 1. The van der Waals surface area contributed by atoms with Crippen LogP contribution in [0.3, 0.4) is 0 Å². The molecule has 112 valence electrons. The van der Waals surface area contributed by atoms with Crippen LogP contribution in [0.1, 0.15) is 17.2 Å². The third-order valence-corrected chi connectivity index (χ3v) is 4.78. The topological polar surface area (TPSA) is 39.1 Å². The molecule has 0 amide bonds. The molecule has 0 saturated carbocycles. The Morgan fingerprint density at radius 3 is 3.19 bits per heavy atom. The zero-order valence-electron chi connectivity index (χ0n) is 12.3. The van der Waals surface area contributed by atoms with E-state index < -0.39 is 0 Å². The summed E-state index contributed by atoms with van der Waals surface area (Å²) in [4.78, 5) is 0. The minimum absolute atomic E-state index is 0.333. The summed E-state index contributed by atoms with van der Waals surface area (Å²) in [5.74, 6) is 3.22. The molecule has 0 aliphatic carbocycles. The standard InChI is InChI=1S/C16H21N3OS/c1-20-10-9-19-8-6-16(18-19)17-15-12-21-11-7-13-4-2-3-5-14(13)15/h2-6,8,15H,7,9-12H2,1H3,(H,17,18). The van der Waals surface area contributed by atoms with E-state index in [1.807, 2.05) is 28.7 Å². The van der Waals surface area contributed by atoms with Gasteiger partial charge < -0.3 is 10.1 Å². The van der Waals surface area contributed by atoms with Crippen molar-refractivity contribution in [1.82, 2.24) is 9.78 Å². The van der Waals surface area contributed by atoms with E-state index in [1.54, 1.807) is 7.11 Å². The number of fused-ring (bicyclic) bond motifs is 1. The SMILES string of the molecule is COCCn1ccc(NC2CSCCc3ccccc32)n1. The number of methoxy groups -OCH3 is 1. The zero-order valence-corrected chi connectivity index (χ0v) is 13.1. The van der Waals surface area contributed by atoms with E-state index in [0.29, 0.717) is 12.6 Å². The number of benzene rings is 1. The van der Waals surface area contributed by atoms with Gasteiger partial charge in [0, 0.05) is 25.1 Å². The minimum Gasteiger partial charge on any atom is -0.383 e. The lowest BCUT2D eigenvalue weighted by Gasteiger charge is -2.18. The predicted octanol–water partition coefficient (Wildman–Crippen LogP) is 2.97. The van der Waals surface area contributed by atoms with Crippen LogP contribution in [0.2, 0.25) is 0 Å². The minimum atomic E-state index is 0.333. The fourth-order valence-corrected chi connectivity index (χ4v) is 3.65. The van der Waals surface area contributed by atoms with Gasteiger partial charge in [-0.25, -0.2) is 0 Å². The molecule has 1 unspecified atom stereocenters. The molecule has 0 bridgehead atoms. The Morgan fingerprint density at radius 2 is 2.29 bits per heavy atom. The average molecular weight is 303 g/mol. The first-order valence-electron chi connectivity index (χ1n) is 7.31. The number of nitrogens with one attached hydrogen (secondary N) is 1. The molecule has 1 aromatic heterocycles. The van der Waals surface area contributed by atoms with Gasteiger partial charge in [-0.05, 0) is 23.3 Å². The molecule has 0 saturated heterocycles. The van der Waals surface area contributed by atoms with Crippen LogP contribution >= 0.6 is 11.8 Å². The van der Waals surface area contributed by atoms with Crippen molar-refractivity contribution in [3.8, 4) is 0 Å². The predicted molar refractivity (Wildman–Crippen MR) is 87.9 cm³/mol. The summed E-state index contributed by atoms with van der Waals surface area (Å²) >= 11 is 2.00. The molecule has 0 spiro atoms. The largest absolute Gasteiger partial charge is 0.383 e. The molecule has 0 fully saturated rings. The third-order valence-electron chi connectivity index (χ3n) is 3.72. The third kappa shape index (κ3) is 3.60. The van der Waals surface area contributed by atoms with E-state index in [9.17, 15) is 0 Å². The number of rotatable bonds is 5. The molecular weight excluding hydrogens is 282 g/mol. The first-order chi connectivity index (χ1) is 10.4. The molecular formula is C16H21N3OS. The van der Waals surface area contributed by atoms with E-state index in [1.165, 1.54) is 16.9 Å². The van der Waals surface area contributed by atoms with E-state index in [4.69, 9.17) is 4.74 Å². The number of ether oxygens (including phenoxy) is 1. The molecule has 0 radical (unpaired) electrons. The van der Waals surface area contributed by atoms with Crippen LogP contribution in [-0.4, -0.2) is 35.0 Å². The number of nitrogens with zero attached hydrogens (tertiary/aromatic N) is 2.